The molecule has 0 heterocycles. The van der Waals surface area contributed by atoms with Gasteiger partial charge in [-0.05, 0) is 68.1 Å². The summed E-state index contributed by atoms with van der Waals surface area (Å²) in [4.78, 5) is 12.5. The standard InChI is InChI=1S/C21H25ClN2O5S/c1-28-20-12-9-16(13-19(20)22)24(30(2,26)27)14-21(25)23-15-7-10-18(11-8-15)29-17-5-3-4-6-17/h7-13,17H,3-6,14H2,1-2H3,(H,23,25). The Morgan fingerprint density at radius 3 is 2.40 bits per heavy atom. The summed E-state index contributed by atoms with van der Waals surface area (Å²) in [6, 6.07) is 11.6. The second-order valence-electron chi connectivity index (χ2n) is 7.19. The number of ether oxygens (including phenoxy) is 2. The van der Waals surface area contributed by atoms with E-state index >= 15 is 0 Å². The topological polar surface area (TPSA) is 84.9 Å². The van der Waals surface area contributed by atoms with Crippen LogP contribution in [0.1, 0.15) is 25.7 Å². The summed E-state index contributed by atoms with van der Waals surface area (Å²) >= 11 is 6.11. The average Bonchev–Trinajstić information content (AvgIpc) is 3.20. The van der Waals surface area contributed by atoms with Crippen LogP contribution in [0.15, 0.2) is 42.5 Å². The molecule has 0 aliphatic heterocycles. The molecule has 3 rings (SSSR count). The van der Waals surface area contributed by atoms with Gasteiger partial charge in [0.25, 0.3) is 0 Å². The largest absolute Gasteiger partial charge is 0.495 e. The van der Waals surface area contributed by atoms with Gasteiger partial charge in [0.1, 0.15) is 18.0 Å². The van der Waals surface area contributed by atoms with E-state index in [9.17, 15) is 13.2 Å². The lowest BCUT2D eigenvalue weighted by Crippen LogP contribution is -2.37. The molecule has 1 saturated carbocycles. The second kappa shape index (κ2) is 9.57. The number of hydrogen-bond donors (Lipinski definition) is 1. The van der Waals surface area contributed by atoms with Gasteiger partial charge in [0.05, 0.1) is 30.2 Å². The van der Waals surface area contributed by atoms with Crippen molar-refractivity contribution in [2.75, 3.05) is 29.5 Å². The number of sulfonamides is 1. The SMILES string of the molecule is COc1ccc(N(CC(=O)Nc2ccc(OC3CCCC3)cc2)S(C)(=O)=O)cc1Cl. The predicted molar refractivity (Wildman–Crippen MR) is 118 cm³/mol. The summed E-state index contributed by atoms with van der Waals surface area (Å²) < 4.78 is 36.5. The van der Waals surface area contributed by atoms with Gasteiger partial charge in [-0.25, -0.2) is 8.42 Å². The van der Waals surface area contributed by atoms with Gasteiger partial charge in [-0.1, -0.05) is 11.6 Å². The molecular weight excluding hydrogens is 428 g/mol. The van der Waals surface area contributed by atoms with E-state index in [1.165, 1.54) is 32.1 Å². The molecular formula is C21H25ClN2O5S. The Morgan fingerprint density at radius 2 is 1.83 bits per heavy atom. The normalized spacial score (nSPS) is 14.4. The summed E-state index contributed by atoms with van der Waals surface area (Å²) in [5.74, 6) is 0.695. The molecule has 1 amide bonds. The van der Waals surface area contributed by atoms with Crippen molar-refractivity contribution in [3.63, 3.8) is 0 Å². The van der Waals surface area contributed by atoms with Crippen molar-refractivity contribution in [3.05, 3.63) is 47.5 Å². The monoisotopic (exact) mass is 452 g/mol. The van der Waals surface area contributed by atoms with E-state index in [1.807, 2.05) is 0 Å². The summed E-state index contributed by atoms with van der Waals surface area (Å²) in [6.07, 6.45) is 5.80. The molecule has 1 fully saturated rings. The van der Waals surface area contributed by atoms with Crippen molar-refractivity contribution in [3.8, 4) is 11.5 Å². The van der Waals surface area contributed by atoms with Crippen LogP contribution >= 0.6 is 11.6 Å². The fourth-order valence-corrected chi connectivity index (χ4v) is 4.46. The number of anilines is 2. The van der Waals surface area contributed by atoms with Gasteiger partial charge in [0.2, 0.25) is 15.9 Å². The number of methoxy groups -OCH3 is 1. The van der Waals surface area contributed by atoms with Crippen LogP contribution in [0.3, 0.4) is 0 Å². The first-order valence-electron chi connectivity index (χ1n) is 9.64. The molecule has 0 spiro atoms. The molecule has 0 atom stereocenters. The number of hydrogen-bond acceptors (Lipinski definition) is 5. The minimum absolute atomic E-state index is 0.252. The van der Waals surface area contributed by atoms with Gasteiger partial charge in [0, 0.05) is 5.69 Å². The predicted octanol–water partition coefficient (Wildman–Crippen LogP) is 4.07. The third-order valence-corrected chi connectivity index (χ3v) is 6.29. The Morgan fingerprint density at radius 1 is 1.17 bits per heavy atom. The van der Waals surface area contributed by atoms with Crippen molar-refractivity contribution >= 4 is 38.9 Å². The van der Waals surface area contributed by atoms with Crippen LogP contribution in [-0.4, -0.2) is 40.3 Å². The lowest BCUT2D eigenvalue weighted by Gasteiger charge is -2.22. The molecule has 1 N–H and O–H groups in total. The van der Waals surface area contributed by atoms with E-state index < -0.39 is 15.9 Å². The van der Waals surface area contributed by atoms with E-state index in [1.54, 1.807) is 30.3 Å². The number of carbonyl (C=O) groups is 1. The quantitative estimate of drug-likeness (QED) is 0.652. The van der Waals surface area contributed by atoms with E-state index in [0.29, 0.717) is 11.4 Å². The molecule has 0 aromatic heterocycles. The van der Waals surface area contributed by atoms with E-state index in [-0.39, 0.29) is 23.4 Å². The van der Waals surface area contributed by atoms with Crippen LogP contribution in [0.4, 0.5) is 11.4 Å². The molecule has 30 heavy (non-hydrogen) atoms. The fourth-order valence-electron chi connectivity index (χ4n) is 3.36. The number of carbonyl (C=O) groups excluding carboxylic acids is 1. The molecule has 162 valence electrons. The van der Waals surface area contributed by atoms with Gasteiger partial charge in [-0.15, -0.1) is 0 Å². The maximum absolute atomic E-state index is 12.5. The van der Waals surface area contributed by atoms with E-state index in [2.05, 4.69) is 5.32 Å². The van der Waals surface area contributed by atoms with E-state index in [0.717, 1.165) is 29.2 Å². The van der Waals surface area contributed by atoms with Crippen molar-refractivity contribution in [2.45, 2.75) is 31.8 Å². The first-order chi connectivity index (χ1) is 14.3. The lowest BCUT2D eigenvalue weighted by atomic mass is 10.2. The molecule has 0 unspecified atom stereocenters. The summed E-state index contributed by atoms with van der Waals surface area (Å²) in [5, 5.41) is 2.97. The maximum atomic E-state index is 12.5. The third-order valence-electron chi connectivity index (χ3n) is 4.85. The van der Waals surface area contributed by atoms with E-state index in [4.69, 9.17) is 21.1 Å². The van der Waals surface area contributed by atoms with Crippen molar-refractivity contribution in [2.24, 2.45) is 0 Å². The number of nitrogens with one attached hydrogen (secondary N) is 1. The summed E-state index contributed by atoms with van der Waals surface area (Å²) in [6.45, 7) is -0.387. The number of halogens is 1. The van der Waals surface area contributed by atoms with Crippen molar-refractivity contribution in [1.29, 1.82) is 0 Å². The average molecular weight is 453 g/mol. The van der Waals surface area contributed by atoms with Crippen LogP contribution < -0.4 is 19.1 Å². The highest BCUT2D eigenvalue weighted by Crippen LogP contribution is 2.30. The Kier molecular flexibility index (Phi) is 7.10. The van der Waals surface area contributed by atoms with Crippen molar-refractivity contribution < 1.29 is 22.7 Å². The lowest BCUT2D eigenvalue weighted by molar-refractivity contribution is -0.114. The number of nitrogens with zero attached hydrogens (tertiary/aromatic N) is 1. The highest BCUT2D eigenvalue weighted by Gasteiger charge is 2.22. The molecule has 1 aliphatic carbocycles. The van der Waals surface area contributed by atoms with Gasteiger partial charge in [-0.2, -0.15) is 0 Å². The van der Waals surface area contributed by atoms with Crippen molar-refractivity contribution in [1.82, 2.24) is 0 Å². The van der Waals surface area contributed by atoms with Gasteiger partial charge in [-0.3, -0.25) is 9.10 Å². The minimum Gasteiger partial charge on any atom is -0.495 e. The zero-order chi connectivity index (χ0) is 21.7. The van der Waals surface area contributed by atoms with Crippen LogP contribution in [-0.2, 0) is 14.8 Å². The second-order valence-corrected chi connectivity index (χ2v) is 9.50. The first-order valence-corrected chi connectivity index (χ1v) is 11.9. The van der Waals surface area contributed by atoms with Crippen LogP contribution in [0.2, 0.25) is 5.02 Å². The Balaban J connectivity index is 1.66. The molecule has 0 bridgehead atoms. The van der Waals surface area contributed by atoms with Gasteiger partial charge >= 0.3 is 0 Å². The van der Waals surface area contributed by atoms with Gasteiger partial charge in [0.15, 0.2) is 0 Å². The number of amides is 1. The highest BCUT2D eigenvalue weighted by atomic mass is 35.5. The fraction of sp³-hybridized carbons (Fsp3) is 0.381. The van der Waals surface area contributed by atoms with Crippen LogP contribution in [0.5, 0.6) is 11.5 Å². The number of rotatable bonds is 8. The van der Waals surface area contributed by atoms with Crippen LogP contribution in [0, 0.1) is 0 Å². The van der Waals surface area contributed by atoms with Crippen LogP contribution in [0.25, 0.3) is 0 Å². The number of benzene rings is 2. The molecule has 0 radical (unpaired) electrons. The zero-order valence-corrected chi connectivity index (χ0v) is 18.5. The molecule has 2 aromatic rings. The molecule has 9 heteroatoms. The van der Waals surface area contributed by atoms with Gasteiger partial charge < -0.3 is 14.8 Å². The highest BCUT2D eigenvalue weighted by molar-refractivity contribution is 7.92. The summed E-state index contributed by atoms with van der Waals surface area (Å²) in [5.41, 5.74) is 0.832. The third kappa shape index (κ3) is 5.79. The Hall–Kier alpha value is -2.45. The Bertz CT molecular complexity index is 989. The molecule has 2 aromatic carbocycles. The smallest absolute Gasteiger partial charge is 0.245 e. The maximum Gasteiger partial charge on any atom is 0.245 e. The first kappa shape index (κ1) is 22.2. The molecule has 0 saturated heterocycles. The molecule has 1 aliphatic rings. The minimum atomic E-state index is -3.71. The zero-order valence-electron chi connectivity index (χ0n) is 16.9. The Labute approximate surface area is 182 Å². The summed E-state index contributed by atoms with van der Waals surface area (Å²) in [7, 11) is -2.24. The molecule has 7 nitrogen and oxygen atoms in total.